The molecule has 23 heavy (non-hydrogen) atoms. The maximum absolute atomic E-state index is 12.3. The van der Waals surface area contributed by atoms with Crippen LogP contribution in [-0.2, 0) is 6.61 Å². The number of nitrogens with one attached hydrogen (secondary N) is 1. The summed E-state index contributed by atoms with van der Waals surface area (Å²) in [5.74, 6) is 1.26. The van der Waals surface area contributed by atoms with Crippen LogP contribution in [0.15, 0.2) is 54.6 Å². The van der Waals surface area contributed by atoms with Gasteiger partial charge in [0.1, 0.15) is 12.4 Å². The smallest absolute Gasteiger partial charge is 0.251 e. The lowest BCUT2D eigenvalue weighted by atomic mass is 10.0. The van der Waals surface area contributed by atoms with E-state index in [4.69, 9.17) is 4.74 Å². The van der Waals surface area contributed by atoms with E-state index in [1.54, 1.807) is 0 Å². The molecule has 2 aromatic rings. The molecule has 0 radical (unpaired) electrons. The van der Waals surface area contributed by atoms with Gasteiger partial charge in [-0.15, -0.1) is 0 Å². The summed E-state index contributed by atoms with van der Waals surface area (Å²) in [6, 6.07) is 17.5. The SMILES string of the molecule is CCC(NC(=O)c1ccc(COc2ccccc2)cc1)C(C)C. The zero-order valence-electron chi connectivity index (χ0n) is 14.1. The second-order valence-electron chi connectivity index (χ2n) is 6.03. The molecule has 1 N–H and O–H groups in total. The van der Waals surface area contributed by atoms with Gasteiger partial charge in [-0.2, -0.15) is 0 Å². The first kappa shape index (κ1) is 17.1. The van der Waals surface area contributed by atoms with Gasteiger partial charge in [0, 0.05) is 11.6 Å². The molecule has 2 rings (SSSR count). The number of hydrogen-bond donors (Lipinski definition) is 1. The third kappa shape index (κ3) is 5.13. The van der Waals surface area contributed by atoms with Crippen LogP contribution >= 0.6 is 0 Å². The summed E-state index contributed by atoms with van der Waals surface area (Å²) in [7, 11) is 0. The summed E-state index contributed by atoms with van der Waals surface area (Å²) in [6.07, 6.45) is 0.937. The molecule has 3 heteroatoms. The summed E-state index contributed by atoms with van der Waals surface area (Å²) < 4.78 is 5.71. The van der Waals surface area contributed by atoms with Crippen LogP contribution in [0.5, 0.6) is 5.75 Å². The fourth-order valence-electron chi connectivity index (χ4n) is 2.43. The molecule has 1 atom stereocenters. The van der Waals surface area contributed by atoms with Gasteiger partial charge in [-0.3, -0.25) is 4.79 Å². The highest BCUT2D eigenvalue weighted by molar-refractivity contribution is 5.94. The minimum absolute atomic E-state index is 0.0129. The Morgan fingerprint density at radius 3 is 2.26 bits per heavy atom. The first-order valence-corrected chi connectivity index (χ1v) is 8.17. The number of amides is 1. The Labute approximate surface area is 138 Å². The van der Waals surface area contributed by atoms with Gasteiger partial charge in [0.05, 0.1) is 0 Å². The normalized spacial score (nSPS) is 12.0. The van der Waals surface area contributed by atoms with Crippen molar-refractivity contribution in [1.29, 1.82) is 0 Å². The van der Waals surface area contributed by atoms with Crippen molar-refractivity contribution in [1.82, 2.24) is 5.32 Å². The van der Waals surface area contributed by atoms with E-state index < -0.39 is 0 Å². The fourth-order valence-corrected chi connectivity index (χ4v) is 2.43. The quantitative estimate of drug-likeness (QED) is 0.821. The van der Waals surface area contributed by atoms with Crippen LogP contribution < -0.4 is 10.1 Å². The molecular formula is C20H25NO2. The van der Waals surface area contributed by atoms with Gasteiger partial charge in [-0.25, -0.2) is 0 Å². The van der Waals surface area contributed by atoms with Gasteiger partial charge in [-0.05, 0) is 42.2 Å². The lowest BCUT2D eigenvalue weighted by Gasteiger charge is -2.20. The van der Waals surface area contributed by atoms with Crippen molar-refractivity contribution in [3.8, 4) is 5.75 Å². The monoisotopic (exact) mass is 311 g/mol. The third-order valence-corrected chi connectivity index (χ3v) is 3.93. The summed E-state index contributed by atoms with van der Waals surface area (Å²) in [6.45, 7) is 6.83. The molecule has 122 valence electrons. The minimum Gasteiger partial charge on any atom is -0.489 e. The van der Waals surface area contributed by atoms with Crippen molar-refractivity contribution >= 4 is 5.91 Å². The first-order chi connectivity index (χ1) is 11.1. The number of carbonyl (C=O) groups is 1. The molecule has 3 nitrogen and oxygen atoms in total. The van der Waals surface area contributed by atoms with Crippen molar-refractivity contribution in [2.75, 3.05) is 0 Å². The Kier molecular flexibility index (Phi) is 6.21. The zero-order chi connectivity index (χ0) is 16.7. The first-order valence-electron chi connectivity index (χ1n) is 8.17. The fraction of sp³-hybridized carbons (Fsp3) is 0.350. The van der Waals surface area contributed by atoms with Crippen molar-refractivity contribution in [3.05, 3.63) is 65.7 Å². The van der Waals surface area contributed by atoms with E-state index in [0.29, 0.717) is 18.1 Å². The maximum Gasteiger partial charge on any atom is 0.251 e. The largest absolute Gasteiger partial charge is 0.489 e. The van der Waals surface area contributed by atoms with Crippen LogP contribution in [0.2, 0.25) is 0 Å². The summed E-state index contributed by atoms with van der Waals surface area (Å²) in [5, 5.41) is 3.09. The molecule has 0 spiro atoms. The summed E-state index contributed by atoms with van der Waals surface area (Å²) >= 11 is 0. The van der Waals surface area contributed by atoms with E-state index in [9.17, 15) is 4.79 Å². The van der Waals surface area contributed by atoms with Crippen LogP contribution in [0.3, 0.4) is 0 Å². The number of rotatable bonds is 7. The maximum atomic E-state index is 12.3. The van der Waals surface area contributed by atoms with Gasteiger partial charge in [0.15, 0.2) is 0 Å². The highest BCUT2D eigenvalue weighted by Gasteiger charge is 2.15. The molecule has 0 saturated heterocycles. The van der Waals surface area contributed by atoms with Gasteiger partial charge in [-0.1, -0.05) is 51.1 Å². The van der Waals surface area contributed by atoms with E-state index in [2.05, 4.69) is 26.1 Å². The van der Waals surface area contributed by atoms with E-state index in [-0.39, 0.29) is 11.9 Å². The Balaban J connectivity index is 1.92. The number of para-hydroxylation sites is 1. The molecular weight excluding hydrogens is 286 g/mol. The number of hydrogen-bond acceptors (Lipinski definition) is 2. The van der Waals surface area contributed by atoms with E-state index in [1.807, 2.05) is 54.6 Å². The van der Waals surface area contributed by atoms with E-state index >= 15 is 0 Å². The second-order valence-corrected chi connectivity index (χ2v) is 6.03. The highest BCUT2D eigenvalue weighted by Crippen LogP contribution is 2.13. The van der Waals surface area contributed by atoms with Gasteiger partial charge in [0.2, 0.25) is 0 Å². The Bertz CT molecular complexity index is 605. The molecule has 2 aromatic carbocycles. The highest BCUT2D eigenvalue weighted by atomic mass is 16.5. The molecule has 0 fully saturated rings. The van der Waals surface area contributed by atoms with Crippen LogP contribution in [0, 0.1) is 5.92 Å². The predicted octanol–water partition coefficient (Wildman–Crippen LogP) is 4.43. The number of carbonyl (C=O) groups excluding carboxylic acids is 1. The van der Waals surface area contributed by atoms with Crippen LogP contribution in [0.1, 0.15) is 43.1 Å². The Hall–Kier alpha value is -2.29. The summed E-state index contributed by atoms with van der Waals surface area (Å²) in [5.41, 5.74) is 1.73. The standard InChI is InChI=1S/C20H25NO2/c1-4-19(15(2)3)21-20(22)17-12-10-16(11-13-17)14-23-18-8-6-5-7-9-18/h5-13,15,19H,4,14H2,1-3H3,(H,21,22). The van der Waals surface area contributed by atoms with E-state index in [0.717, 1.165) is 17.7 Å². The topological polar surface area (TPSA) is 38.3 Å². The van der Waals surface area contributed by atoms with Crippen molar-refractivity contribution in [2.24, 2.45) is 5.92 Å². The Morgan fingerprint density at radius 2 is 1.70 bits per heavy atom. The average Bonchev–Trinajstić information content (AvgIpc) is 2.58. The zero-order valence-corrected chi connectivity index (χ0v) is 14.1. The van der Waals surface area contributed by atoms with E-state index in [1.165, 1.54) is 0 Å². The molecule has 0 saturated carbocycles. The van der Waals surface area contributed by atoms with Crippen LogP contribution in [-0.4, -0.2) is 11.9 Å². The van der Waals surface area contributed by atoms with Gasteiger partial charge in [0.25, 0.3) is 5.91 Å². The minimum atomic E-state index is -0.0129. The lowest BCUT2D eigenvalue weighted by Crippen LogP contribution is -2.37. The lowest BCUT2D eigenvalue weighted by molar-refractivity contribution is 0.0924. The number of ether oxygens (including phenoxy) is 1. The molecule has 1 unspecified atom stereocenters. The van der Waals surface area contributed by atoms with Gasteiger partial charge < -0.3 is 10.1 Å². The molecule has 1 amide bonds. The van der Waals surface area contributed by atoms with Gasteiger partial charge >= 0.3 is 0 Å². The second kappa shape index (κ2) is 8.37. The molecule has 0 aliphatic rings. The molecule has 0 aliphatic carbocycles. The molecule has 0 aliphatic heterocycles. The van der Waals surface area contributed by atoms with Crippen LogP contribution in [0.25, 0.3) is 0 Å². The van der Waals surface area contributed by atoms with Crippen molar-refractivity contribution < 1.29 is 9.53 Å². The van der Waals surface area contributed by atoms with Crippen molar-refractivity contribution in [3.63, 3.8) is 0 Å². The van der Waals surface area contributed by atoms with Crippen LogP contribution in [0.4, 0.5) is 0 Å². The Morgan fingerprint density at radius 1 is 1.04 bits per heavy atom. The third-order valence-electron chi connectivity index (χ3n) is 3.93. The van der Waals surface area contributed by atoms with Crippen molar-refractivity contribution in [2.45, 2.75) is 39.8 Å². The summed E-state index contributed by atoms with van der Waals surface area (Å²) in [4.78, 5) is 12.3. The predicted molar refractivity (Wildman–Crippen MR) is 93.6 cm³/mol. The average molecular weight is 311 g/mol. The molecule has 0 aromatic heterocycles. The number of benzene rings is 2. The molecule has 0 bridgehead atoms. The molecule has 0 heterocycles.